The monoisotopic (exact) mass is 230 g/mol. The van der Waals surface area contributed by atoms with Crippen LogP contribution in [-0.4, -0.2) is 27.3 Å². The second kappa shape index (κ2) is 4.09. The summed E-state index contributed by atoms with van der Waals surface area (Å²) in [6.45, 7) is -0.890. The third-order valence-corrected chi connectivity index (χ3v) is 2.05. The highest BCUT2D eigenvalue weighted by Crippen LogP contribution is 2.13. The lowest BCUT2D eigenvalue weighted by Gasteiger charge is -2.06. The van der Waals surface area contributed by atoms with Gasteiger partial charge in [-0.2, -0.15) is 18.3 Å². The molecular formula is C9H9F3N4. The number of rotatable bonds is 3. The fraction of sp³-hybridized carbons (Fsp3) is 0.333. The Labute approximate surface area is 89.1 Å². The predicted molar refractivity (Wildman–Crippen MR) is 50.7 cm³/mol. The topological polar surface area (TPSA) is 42.2 Å². The molecule has 0 unspecified atom stereocenters. The fourth-order valence-electron chi connectivity index (χ4n) is 1.36. The standard InChI is InChI=1S/C9H9F3N4/c10-9(11,12)6-14-3-7-4-15-16-2-1-13-5-8(7)16/h1-2,4-5,14H,3,6H2. The average Bonchev–Trinajstić information content (AvgIpc) is 2.60. The summed E-state index contributed by atoms with van der Waals surface area (Å²) in [7, 11) is 0. The van der Waals surface area contributed by atoms with Crippen molar-refractivity contribution in [1.29, 1.82) is 0 Å². The Morgan fingerprint density at radius 3 is 2.88 bits per heavy atom. The van der Waals surface area contributed by atoms with Crippen LogP contribution in [0.2, 0.25) is 0 Å². The minimum absolute atomic E-state index is 0.120. The van der Waals surface area contributed by atoms with E-state index in [1.807, 2.05) is 0 Å². The number of alkyl halides is 3. The number of hydrogen-bond donors (Lipinski definition) is 1. The molecule has 0 aliphatic heterocycles. The van der Waals surface area contributed by atoms with E-state index in [2.05, 4.69) is 15.4 Å². The van der Waals surface area contributed by atoms with Gasteiger partial charge in [-0.1, -0.05) is 0 Å². The normalized spacial score (nSPS) is 12.2. The van der Waals surface area contributed by atoms with Crippen molar-refractivity contribution >= 4 is 5.52 Å². The molecule has 2 rings (SSSR count). The molecule has 86 valence electrons. The van der Waals surface area contributed by atoms with Crippen molar-refractivity contribution in [2.75, 3.05) is 6.54 Å². The molecule has 0 amide bonds. The van der Waals surface area contributed by atoms with Gasteiger partial charge in [0.15, 0.2) is 0 Å². The molecule has 0 radical (unpaired) electrons. The highest BCUT2D eigenvalue weighted by Gasteiger charge is 2.26. The first-order valence-electron chi connectivity index (χ1n) is 4.60. The molecule has 2 aromatic rings. The Hall–Kier alpha value is -1.63. The SMILES string of the molecule is FC(F)(F)CNCc1cnn2ccncc12. The first-order chi connectivity index (χ1) is 7.56. The average molecular weight is 230 g/mol. The molecule has 0 aliphatic carbocycles. The number of hydrogen-bond acceptors (Lipinski definition) is 3. The molecule has 16 heavy (non-hydrogen) atoms. The van der Waals surface area contributed by atoms with Gasteiger partial charge in [-0.3, -0.25) is 4.98 Å². The molecule has 0 bridgehead atoms. The van der Waals surface area contributed by atoms with E-state index < -0.39 is 12.7 Å². The van der Waals surface area contributed by atoms with Crippen molar-refractivity contribution in [3.63, 3.8) is 0 Å². The predicted octanol–water partition coefficient (Wildman–Crippen LogP) is 1.38. The summed E-state index contributed by atoms with van der Waals surface area (Å²) in [4.78, 5) is 3.89. The van der Waals surface area contributed by atoms with Crippen LogP contribution < -0.4 is 5.32 Å². The molecule has 0 spiro atoms. The molecule has 2 aromatic heterocycles. The third-order valence-electron chi connectivity index (χ3n) is 2.05. The van der Waals surface area contributed by atoms with Crippen LogP contribution in [0.5, 0.6) is 0 Å². The van der Waals surface area contributed by atoms with Gasteiger partial charge < -0.3 is 5.32 Å². The summed E-state index contributed by atoms with van der Waals surface area (Å²) in [6.07, 6.45) is 2.11. The first kappa shape index (κ1) is 10.9. The summed E-state index contributed by atoms with van der Waals surface area (Å²) < 4.78 is 37.3. The molecule has 0 aromatic carbocycles. The number of nitrogens with zero attached hydrogens (tertiary/aromatic N) is 3. The van der Waals surface area contributed by atoms with Crippen molar-refractivity contribution in [2.45, 2.75) is 12.7 Å². The number of halogens is 3. The quantitative estimate of drug-likeness (QED) is 0.866. The summed E-state index contributed by atoms with van der Waals surface area (Å²) >= 11 is 0. The number of nitrogens with one attached hydrogen (secondary N) is 1. The van der Waals surface area contributed by atoms with Crippen LogP contribution in [0, 0.1) is 0 Å². The summed E-state index contributed by atoms with van der Waals surface area (Å²) in [6, 6.07) is 0. The van der Waals surface area contributed by atoms with E-state index in [0.717, 1.165) is 0 Å². The Bertz CT molecular complexity index is 477. The molecule has 0 saturated carbocycles. The van der Waals surface area contributed by atoms with E-state index in [4.69, 9.17) is 0 Å². The van der Waals surface area contributed by atoms with E-state index in [0.29, 0.717) is 11.1 Å². The van der Waals surface area contributed by atoms with Gasteiger partial charge in [-0.05, 0) is 0 Å². The van der Waals surface area contributed by atoms with E-state index in [9.17, 15) is 13.2 Å². The Morgan fingerprint density at radius 1 is 1.31 bits per heavy atom. The van der Waals surface area contributed by atoms with Crippen LogP contribution in [0.4, 0.5) is 13.2 Å². The molecule has 0 saturated heterocycles. The fourth-order valence-corrected chi connectivity index (χ4v) is 1.36. The molecule has 4 nitrogen and oxygen atoms in total. The van der Waals surface area contributed by atoms with Gasteiger partial charge in [0, 0.05) is 24.5 Å². The number of fused-ring (bicyclic) bond motifs is 1. The molecule has 0 fully saturated rings. The van der Waals surface area contributed by atoms with Gasteiger partial charge in [0.2, 0.25) is 0 Å². The summed E-state index contributed by atoms with van der Waals surface area (Å²) in [5, 5.41) is 6.30. The van der Waals surface area contributed by atoms with E-state index in [1.165, 1.54) is 6.20 Å². The molecule has 1 N–H and O–H groups in total. The van der Waals surface area contributed by atoms with Crippen LogP contribution in [0.15, 0.2) is 24.8 Å². The first-order valence-corrected chi connectivity index (χ1v) is 4.60. The second-order valence-corrected chi connectivity index (χ2v) is 3.29. The molecule has 7 heteroatoms. The van der Waals surface area contributed by atoms with E-state index in [1.54, 1.807) is 23.1 Å². The van der Waals surface area contributed by atoms with Crippen molar-refractivity contribution in [3.05, 3.63) is 30.4 Å². The van der Waals surface area contributed by atoms with Gasteiger partial charge in [0.05, 0.1) is 24.5 Å². The minimum Gasteiger partial charge on any atom is -0.304 e. The molecular weight excluding hydrogens is 221 g/mol. The maximum atomic E-state index is 11.9. The van der Waals surface area contributed by atoms with Crippen molar-refractivity contribution in [1.82, 2.24) is 19.9 Å². The largest absolute Gasteiger partial charge is 0.401 e. The smallest absolute Gasteiger partial charge is 0.304 e. The summed E-state index contributed by atoms with van der Waals surface area (Å²) in [5.41, 5.74) is 1.40. The summed E-state index contributed by atoms with van der Waals surface area (Å²) in [5.74, 6) is 0. The zero-order chi connectivity index (χ0) is 11.6. The highest BCUT2D eigenvalue weighted by atomic mass is 19.4. The van der Waals surface area contributed by atoms with Crippen molar-refractivity contribution < 1.29 is 13.2 Å². The van der Waals surface area contributed by atoms with Gasteiger partial charge in [0.1, 0.15) is 0 Å². The highest BCUT2D eigenvalue weighted by molar-refractivity contribution is 5.51. The second-order valence-electron chi connectivity index (χ2n) is 3.29. The zero-order valence-electron chi connectivity index (χ0n) is 8.20. The maximum Gasteiger partial charge on any atom is 0.401 e. The van der Waals surface area contributed by atoms with Gasteiger partial charge in [0.25, 0.3) is 0 Å². The molecule has 2 heterocycles. The van der Waals surface area contributed by atoms with Crippen LogP contribution in [0.25, 0.3) is 5.52 Å². The maximum absolute atomic E-state index is 11.9. The lowest BCUT2D eigenvalue weighted by molar-refractivity contribution is -0.125. The van der Waals surface area contributed by atoms with E-state index in [-0.39, 0.29) is 6.54 Å². The van der Waals surface area contributed by atoms with Crippen LogP contribution >= 0.6 is 0 Å². The van der Waals surface area contributed by atoms with Gasteiger partial charge in [-0.25, -0.2) is 4.52 Å². The van der Waals surface area contributed by atoms with Crippen LogP contribution in [0.1, 0.15) is 5.56 Å². The number of aromatic nitrogens is 3. The van der Waals surface area contributed by atoms with Crippen LogP contribution in [0.3, 0.4) is 0 Å². The lowest BCUT2D eigenvalue weighted by atomic mass is 10.3. The van der Waals surface area contributed by atoms with Crippen molar-refractivity contribution in [3.8, 4) is 0 Å². The van der Waals surface area contributed by atoms with E-state index >= 15 is 0 Å². The minimum atomic E-state index is -4.19. The van der Waals surface area contributed by atoms with Crippen LogP contribution in [-0.2, 0) is 6.54 Å². The van der Waals surface area contributed by atoms with Gasteiger partial charge in [-0.15, -0.1) is 0 Å². The zero-order valence-corrected chi connectivity index (χ0v) is 8.20. The van der Waals surface area contributed by atoms with Crippen molar-refractivity contribution in [2.24, 2.45) is 0 Å². The third kappa shape index (κ3) is 2.48. The Balaban J connectivity index is 2.05. The molecule has 0 aliphatic rings. The van der Waals surface area contributed by atoms with Gasteiger partial charge >= 0.3 is 6.18 Å². The lowest BCUT2D eigenvalue weighted by Crippen LogP contribution is -2.28. The Kier molecular flexibility index (Phi) is 2.78. The molecule has 0 atom stereocenters. The Morgan fingerprint density at radius 2 is 2.12 bits per heavy atom.